The number of benzene rings is 8. The Kier molecular flexibility index (Phi) is 5.82. The molecule has 0 radical (unpaired) electrons. The van der Waals surface area contributed by atoms with Crippen LogP contribution in [0, 0.1) is 0 Å². The molecule has 3 heterocycles. The Bertz CT molecular complexity index is 2800. The largest absolute Gasteiger partial charge is 0.375 e. The van der Waals surface area contributed by atoms with Crippen molar-refractivity contribution in [2.24, 2.45) is 0 Å². The highest BCUT2D eigenvalue weighted by atomic mass is 14.9. The zero-order valence-corrected chi connectivity index (χ0v) is 27.3. The van der Waals surface area contributed by atoms with Crippen molar-refractivity contribution < 1.29 is 0 Å². The summed E-state index contributed by atoms with van der Waals surface area (Å²) in [6.45, 7) is 0.0650. The maximum atomic E-state index is 2.68. The van der Waals surface area contributed by atoms with Gasteiger partial charge in [-0.2, -0.15) is 0 Å². The van der Waals surface area contributed by atoms with Gasteiger partial charge in [0.05, 0.1) is 0 Å². The van der Waals surface area contributed by atoms with Crippen molar-refractivity contribution in [1.29, 1.82) is 0 Å². The fourth-order valence-corrected chi connectivity index (χ4v) is 8.81. The molecule has 0 amide bonds. The van der Waals surface area contributed by atoms with Gasteiger partial charge in [0.2, 0.25) is 0 Å². The molecular formula is C48H30BN. The van der Waals surface area contributed by atoms with Crippen LogP contribution in [0.1, 0.15) is 0 Å². The minimum absolute atomic E-state index is 0.0650. The summed E-state index contributed by atoms with van der Waals surface area (Å²) >= 11 is 0. The van der Waals surface area contributed by atoms with E-state index in [2.05, 4.69) is 186 Å². The molecule has 9 aromatic rings. The van der Waals surface area contributed by atoms with Gasteiger partial charge < -0.3 is 4.48 Å². The van der Waals surface area contributed by atoms with Crippen LogP contribution >= 0.6 is 0 Å². The Hall–Kier alpha value is -6.38. The van der Waals surface area contributed by atoms with Gasteiger partial charge in [-0.25, -0.2) is 0 Å². The van der Waals surface area contributed by atoms with Crippen molar-refractivity contribution in [3.63, 3.8) is 0 Å². The van der Waals surface area contributed by atoms with Gasteiger partial charge in [-0.15, -0.1) is 0 Å². The molecule has 11 rings (SSSR count). The van der Waals surface area contributed by atoms with Crippen LogP contribution in [-0.2, 0) is 0 Å². The first kappa shape index (κ1) is 27.6. The molecule has 230 valence electrons. The first-order chi connectivity index (χ1) is 24.8. The Morgan fingerprint density at radius 2 is 0.740 bits per heavy atom. The average Bonchev–Trinajstić information content (AvgIpc) is 3.53. The first-order valence-electron chi connectivity index (χ1n) is 17.5. The first-order valence-corrected chi connectivity index (χ1v) is 17.5. The quantitative estimate of drug-likeness (QED) is 0.170. The van der Waals surface area contributed by atoms with Crippen LogP contribution < -0.4 is 10.9 Å². The maximum absolute atomic E-state index is 2.68. The van der Waals surface area contributed by atoms with E-state index >= 15 is 0 Å². The van der Waals surface area contributed by atoms with Crippen LogP contribution in [0.25, 0.3) is 88.6 Å². The molecule has 8 aromatic carbocycles. The second-order valence-electron chi connectivity index (χ2n) is 13.6. The van der Waals surface area contributed by atoms with Crippen molar-refractivity contribution >= 4 is 39.6 Å². The molecule has 2 aliphatic rings. The van der Waals surface area contributed by atoms with Crippen molar-refractivity contribution in [3.05, 3.63) is 182 Å². The molecular weight excluding hydrogens is 601 g/mol. The van der Waals surface area contributed by atoms with Crippen LogP contribution in [0.3, 0.4) is 0 Å². The van der Waals surface area contributed by atoms with Crippen LogP contribution in [0.2, 0.25) is 0 Å². The fourth-order valence-electron chi connectivity index (χ4n) is 8.81. The molecule has 1 aromatic heterocycles. The van der Waals surface area contributed by atoms with Crippen molar-refractivity contribution in [1.82, 2.24) is 4.48 Å². The number of fused-ring (bicyclic) bond motifs is 7. The molecule has 0 fully saturated rings. The predicted molar refractivity (Wildman–Crippen MR) is 212 cm³/mol. The van der Waals surface area contributed by atoms with Crippen LogP contribution in [0.5, 0.6) is 0 Å². The predicted octanol–water partition coefficient (Wildman–Crippen LogP) is 11.1. The Morgan fingerprint density at radius 1 is 0.280 bits per heavy atom. The molecule has 0 atom stereocenters. The topological polar surface area (TPSA) is 4.93 Å². The lowest BCUT2D eigenvalue weighted by atomic mass is 9.45. The summed E-state index contributed by atoms with van der Waals surface area (Å²) < 4.78 is 2.68. The van der Waals surface area contributed by atoms with Crippen molar-refractivity contribution in [3.8, 4) is 66.8 Å². The van der Waals surface area contributed by atoms with Gasteiger partial charge in [0.25, 0.3) is 0 Å². The Labute approximate surface area is 291 Å². The van der Waals surface area contributed by atoms with E-state index in [4.69, 9.17) is 0 Å². The second kappa shape index (κ2) is 10.6. The zero-order valence-electron chi connectivity index (χ0n) is 27.3. The van der Waals surface area contributed by atoms with Gasteiger partial charge >= 0.3 is 6.85 Å². The highest BCUT2D eigenvalue weighted by Crippen LogP contribution is 2.48. The van der Waals surface area contributed by atoms with Crippen molar-refractivity contribution in [2.75, 3.05) is 0 Å². The minimum Gasteiger partial charge on any atom is -0.375 e. The number of rotatable bonds is 4. The summed E-state index contributed by atoms with van der Waals surface area (Å²) in [4.78, 5) is 0. The number of hydrogen-bond donors (Lipinski definition) is 0. The maximum Gasteiger partial charge on any atom is 0.329 e. The van der Waals surface area contributed by atoms with E-state index < -0.39 is 0 Å². The Balaban J connectivity index is 1.26. The molecule has 0 N–H and O–H groups in total. The summed E-state index contributed by atoms with van der Waals surface area (Å²) in [6.07, 6.45) is 0. The van der Waals surface area contributed by atoms with E-state index in [0.717, 1.165) is 0 Å². The number of nitrogens with zero attached hydrogens (tertiary/aromatic N) is 1. The van der Waals surface area contributed by atoms with Gasteiger partial charge in [0, 0.05) is 32.9 Å². The second-order valence-corrected chi connectivity index (χ2v) is 13.6. The minimum atomic E-state index is 0.0650. The zero-order chi connectivity index (χ0) is 32.8. The van der Waals surface area contributed by atoms with Crippen LogP contribution in [0.15, 0.2) is 182 Å². The molecule has 0 bridgehead atoms. The van der Waals surface area contributed by atoms with Gasteiger partial charge in [-0.05, 0) is 90.8 Å². The summed E-state index contributed by atoms with van der Waals surface area (Å²) in [6, 6.07) is 67.4. The third-order valence-electron chi connectivity index (χ3n) is 11.0. The third-order valence-corrected chi connectivity index (χ3v) is 11.0. The normalized spacial score (nSPS) is 12.4. The SMILES string of the molecule is c1ccc(-c2cc3c4c(c2)c2cc(-c5ccccc5)cc5c2n4B(c2ccccc2-3)c2cc(-c3ccccc3-c3ccccc3)ccc2-5)cc1. The molecule has 0 unspecified atom stereocenters. The van der Waals surface area contributed by atoms with Crippen molar-refractivity contribution in [2.45, 2.75) is 0 Å². The highest BCUT2D eigenvalue weighted by molar-refractivity contribution is 6.88. The monoisotopic (exact) mass is 631 g/mol. The van der Waals surface area contributed by atoms with Gasteiger partial charge in [-0.3, -0.25) is 0 Å². The molecule has 0 aliphatic carbocycles. The standard InChI is InChI=1S/C48H30BN/c1-4-14-31(15-5-1)35-26-41-39-22-12-13-23-45(39)49-46-30-34(38-21-11-10-20-37(38)33-18-8-3-9-19-33)24-25-40(46)42-27-36(32-16-6-2-7-17-32)29-44-43(28-35)47(41)50(49)48(42)44/h1-30H. The molecule has 2 aliphatic heterocycles. The molecule has 0 saturated heterocycles. The van der Waals surface area contributed by atoms with E-state index in [9.17, 15) is 0 Å². The van der Waals surface area contributed by atoms with Crippen LogP contribution in [-0.4, -0.2) is 11.3 Å². The molecule has 0 spiro atoms. The van der Waals surface area contributed by atoms with Gasteiger partial charge in [-0.1, -0.05) is 158 Å². The molecule has 0 saturated carbocycles. The molecule has 2 heteroatoms. The van der Waals surface area contributed by atoms with E-state index in [-0.39, 0.29) is 6.85 Å². The van der Waals surface area contributed by atoms with E-state index in [1.165, 1.54) is 99.5 Å². The molecule has 1 nitrogen and oxygen atoms in total. The summed E-state index contributed by atoms with van der Waals surface area (Å²) in [5.74, 6) is 0. The van der Waals surface area contributed by atoms with Gasteiger partial charge in [0.15, 0.2) is 0 Å². The molecule has 50 heavy (non-hydrogen) atoms. The van der Waals surface area contributed by atoms with E-state index in [1.807, 2.05) is 0 Å². The fraction of sp³-hybridized carbons (Fsp3) is 0. The number of hydrogen-bond acceptors (Lipinski definition) is 0. The lowest BCUT2D eigenvalue weighted by Gasteiger charge is -2.33. The highest BCUT2D eigenvalue weighted by Gasteiger charge is 2.40. The summed E-state index contributed by atoms with van der Waals surface area (Å²) in [7, 11) is 0. The average molecular weight is 632 g/mol. The van der Waals surface area contributed by atoms with Gasteiger partial charge in [0.1, 0.15) is 0 Å². The summed E-state index contributed by atoms with van der Waals surface area (Å²) in [5, 5.41) is 2.63. The summed E-state index contributed by atoms with van der Waals surface area (Å²) in [5.41, 5.74) is 20.6. The van der Waals surface area contributed by atoms with E-state index in [0.29, 0.717) is 0 Å². The number of aromatic nitrogens is 1. The lowest BCUT2D eigenvalue weighted by Crippen LogP contribution is -2.53. The lowest BCUT2D eigenvalue weighted by molar-refractivity contribution is 1.31. The smallest absolute Gasteiger partial charge is 0.329 e. The Morgan fingerprint density at radius 3 is 1.32 bits per heavy atom. The van der Waals surface area contributed by atoms with E-state index in [1.54, 1.807) is 0 Å². The van der Waals surface area contributed by atoms with Crippen LogP contribution in [0.4, 0.5) is 0 Å². The third kappa shape index (κ3) is 3.91.